The Bertz CT molecular complexity index is 949. The fourth-order valence-corrected chi connectivity index (χ4v) is 4.33. The molecule has 142 valence electrons. The van der Waals surface area contributed by atoms with Crippen molar-refractivity contribution in [3.8, 4) is 11.3 Å². The number of amides is 3. The summed E-state index contributed by atoms with van der Waals surface area (Å²) in [4.78, 5) is 41.0. The summed E-state index contributed by atoms with van der Waals surface area (Å²) in [6.07, 6.45) is 5.24. The molecule has 2 saturated heterocycles. The minimum atomic E-state index is -0.219. The summed E-state index contributed by atoms with van der Waals surface area (Å²) in [5.74, 6) is -0.760. The molecule has 0 radical (unpaired) electrons. The molecule has 7 heteroatoms. The Kier molecular flexibility index (Phi) is 3.89. The van der Waals surface area contributed by atoms with Crippen molar-refractivity contribution in [2.45, 2.75) is 18.9 Å². The average Bonchev–Trinajstić information content (AvgIpc) is 3.28. The van der Waals surface area contributed by atoms with Crippen molar-refractivity contribution in [1.82, 2.24) is 20.0 Å². The molecule has 1 aliphatic carbocycles. The molecule has 2 aromatic rings. The molecule has 0 spiro atoms. The van der Waals surface area contributed by atoms with Crippen LogP contribution in [0.2, 0.25) is 0 Å². The lowest BCUT2D eigenvalue weighted by atomic mass is 9.85. The SMILES string of the molecule is O=C(c1cc(-c2ccccc2)n[nH]1)N1CC(N2C(=O)C3CC=CCC3C2=O)C1. The summed E-state index contributed by atoms with van der Waals surface area (Å²) in [7, 11) is 0. The summed E-state index contributed by atoms with van der Waals surface area (Å²) in [5.41, 5.74) is 2.06. The van der Waals surface area contributed by atoms with Gasteiger partial charge in [-0.2, -0.15) is 5.10 Å². The van der Waals surface area contributed by atoms with Gasteiger partial charge in [0, 0.05) is 18.7 Å². The van der Waals surface area contributed by atoms with Gasteiger partial charge in [-0.3, -0.25) is 24.4 Å². The molecule has 0 bridgehead atoms. The van der Waals surface area contributed by atoms with Crippen LogP contribution in [0.15, 0.2) is 48.6 Å². The van der Waals surface area contributed by atoms with Gasteiger partial charge < -0.3 is 4.90 Å². The molecule has 1 N–H and O–H groups in total. The van der Waals surface area contributed by atoms with Crippen molar-refractivity contribution < 1.29 is 14.4 Å². The van der Waals surface area contributed by atoms with E-state index in [1.807, 2.05) is 42.5 Å². The number of rotatable bonds is 3. The lowest BCUT2D eigenvalue weighted by molar-refractivity contribution is -0.145. The van der Waals surface area contributed by atoms with Crippen LogP contribution in [-0.2, 0) is 9.59 Å². The predicted octanol–water partition coefficient (Wildman–Crippen LogP) is 1.85. The molecule has 5 rings (SSSR count). The van der Waals surface area contributed by atoms with Crippen LogP contribution in [0.5, 0.6) is 0 Å². The molecule has 28 heavy (non-hydrogen) atoms. The normalized spacial score (nSPS) is 24.4. The molecule has 7 nitrogen and oxygen atoms in total. The monoisotopic (exact) mass is 376 g/mol. The lowest BCUT2D eigenvalue weighted by Crippen LogP contribution is -2.62. The van der Waals surface area contributed by atoms with Crippen LogP contribution in [0.25, 0.3) is 11.3 Å². The van der Waals surface area contributed by atoms with Crippen molar-refractivity contribution in [2.24, 2.45) is 11.8 Å². The highest BCUT2D eigenvalue weighted by Crippen LogP contribution is 2.37. The predicted molar refractivity (Wildman–Crippen MR) is 101 cm³/mol. The Morgan fingerprint density at radius 1 is 1.00 bits per heavy atom. The van der Waals surface area contributed by atoms with Gasteiger partial charge in [-0.15, -0.1) is 0 Å². The second-order valence-electron chi connectivity index (χ2n) is 7.60. The van der Waals surface area contributed by atoms with Crippen LogP contribution >= 0.6 is 0 Å². The van der Waals surface area contributed by atoms with Crippen LogP contribution in [0, 0.1) is 11.8 Å². The number of carbonyl (C=O) groups is 3. The van der Waals surface area contributed by atoms with E-state index >= 15 is 0 Å². The quantitative estimate of drug-likeness (QED) is 0.654. The van der Waals surface area contributed by atoms with Gasteiger partial charge in [0.05, 0.1) is 23.6 Å². The highest BCUT2D eigenvalue weighted by atomic mass is 16.2. The Labute approximate surface area is 162 Å². The number of benzene rings is 1. The number of nitrogens with zero attached hydrogens (tertiary/aromatic N) is 3. The maximum Gasteiger partial charge on any atom is 0.272 e. The van der Waals surface area contributed by atoms with Crippen LogP contribution in [0.4, 0.5) is 0 Å². The van der Waals surface area contributed by atoms with E-state index < -0.39 is 0 Å². The largest absolute Gasteiger partial charge is 0.333 e. The topological polar surface area (TPSA) is 86.4 Å². The van der Waals surface area contributed by atoms with E-state index in [-0.39, 0.29) is 35.6 Å². The second kappa shape index (κ2) is 6.44. The van der Waals surface area contributed by atoms with Crippen LogP contribution in [0.1, 0.15) is 23.3 Å². The Balaban J connectivity index is 1.25. The van der Waals surface area contributed by atoms with Crippen LogP contribution < -0.4 is 0 Å². The summed E-state index contributed by atoms with van der Waals surface area (Å²) in [6, 6.07) is 11.1. The number of likely N-dealkylation sites (tertiary alicyclic amines) is 2. The third-order valence-corrected chi connectivity index (χ3v) is 5.93. The Morgan fingerprint density at radius 3 is 2.29 bits per heavy atom. The number of aromatic nitrogens is 2. The summed E-state index contributed by atoms with van der Waals surface area (Å²) >= 11 is 0. The van der Waals surface area contributed by atoms with Crippen molar-refractivity contribution in [1.29, 1.82) is 0 Å². The molecular weight excluding hydrogens is 356 g/mol. The van der Waals surface area contributed by atoms with E-state index in [2.05, 4.69) is 10.2 Å². The number of hydrogen-bond donors (Lipinski definition) is 1. The lowest BCUT2D eigenvalue weighted by Gasteiger charge is -2.42. The summed E-state index contributed by atoms with van der Waals surface area (Å²) in [6.45, 7) is 0.756. The van der Waals surface area contributed by atoms with Gasteiger partial charge in [0.25, 0.3) is 5.91 Å². The van der Waals surface area contributed by atoms with E-state index in [9.17, 15) is 14.4 Å². The first kappa shape index (κ1) is 16.9. The fourth-order valence-electron chi connectivity index (χ4n) is 4.33. The number of H-pyrrole nitrogens is 1. The van der Waals surface area contributed by atoms with Gasteiger partial charge in [0.15, 0.2) is 0 Å². The molecule has 0 saturated carbocycles. The molecule has 2 aliphatic heterocycles. The number of imide groups is 1. The number of hydrogen-bond acceptors (Lipinski definition) is 4. The van der Waals surface area contributed by atoms with E-state index in [4.69, 9.17) is 0 Å². The Morgan fingerprint density at radius 2 is 1.64 bits per heavy atom. The molecule has 3 heterocycles. The zero-order valence-corrected chi connectivity index (χ0v) is 15.2. The molecule has 1 aromatic heterocycles. The number of allylic oxidation sites excluding steroid dienone is 2. The molecule has 3 amide bonds. The maximum absolute atomic E-state index is 12.7. The van der Waals surface area contributed by atoms with E-state index in [0.29, 0.717) is 37.3 Å². The van der Waals surface area contributed by atoms with E-state index in [1.165, 1.54) is 4.90 Å². The van der Waals surface area contributed by atoms with E-state index in [1.54, 1.807) is 11.0 Å². The van der Waals surface area contributed by atoms with Gasteiger partial charge in [-0.1, -0.05) is 42.5 Å². The highest BCUT2D eigenvalue weighted by molar-refractivity contribution is 6.06. The third kappa shape index (κ3) is 2.58. The van der Waals surface area contributed by atoms with E-state index in [0.717, 1.165) is 5.56 Å². The first-order valence-corrected chi connectivity index (χ1v) is 9.55. The van der Waals surface area contributed by atoms with Gasteiger partial charge in [-0.05, 0) is 18.9 Å². The second-order valence-corrected chi connectivity index (χ2v) is 7.60. The van der Waals surface area contributed by atoms with Crippen LogP contribution in [0.3, 0.4) is 0 Å². The molecule has 2 unspecified atom stereocenters. The average molecular weight is 376 g/mol. The van der Waals surface area contributed by atoms with Crippen molar-refractivity contribution in [2.75, 3.05) is 13.1 Å². The zero-order valence-electron chi connectivity index (χ0n) is 15.2. The minimum Gasteiger partial charge on any atom is -0.333 e. The standard InChI is InChI=1S/C21H20N4O3/c26-19-15-8-4-5-9-16(15)20(27)25(19)14-11-24(12-14)21(28)18-10-17(22-23-18)13-6-2-1-3-7-13/h1-7,10,14-16H,8-9,11-12H2,(H,22,23). The van der Waals surface area contributed by atoms with Gasteiger partial charge in [-0.25, -0.2) is 0 Å². The van der Waals surface area contributed by atoms with Crippen molar-refractivity contribution >= 4 is 17.7 Å². The zero-order chi connectivity index (χ0) is 19.3. The Hall–Kier alpha value is -3.22. The fraction of sp³-hybridized carbons (Fsp3) is 0.333. The van der Waals surface area contributed by atoms with Crippen molar-refractivity contribution in [3.05, 3.63) is 54.2 Å². The smallest absolute Gasteiger partial charge is 0.272 e. The first-order valence-electron chi connectivity index (χ1n) is 9.55. The number of nitrogens with one attached hydrogen (secondary N) is 1. The first-order chi connectivity index (χ1) is 13.6. The molecule has 1 aromatic carbocycles. The van der Waals surface area contributed by atoms with Gasteiger partial charge >= 0.3 is 0 Å². The maximum atomic E-state index is 12.7. The number of aromatic amines is 1. The summed E-state index contributed by atoms with van der Waals surface area (Å²) in [5, 5.41) is 7.02. The highest BCUT2D eigenvalue weighted by Gasteiger charge is 2.52. The van der Waals surface area contributed by atoms with Crippen molar-refractivity contribution in [3.63, 3.8) is 0 Å². The number of carbonyl (C=O) groups excluding carboxylic acids is 3. The van der Waals surface area contributed by atoms with Gasteiger partial charge in [0.2, 0.25) is 11.8 Å². The molecule has 2 fully saturated rings. The minimum absolute atomic E-state index is 0.0793. The van der Waals surface area contributed by atoms with Crippen LogP contribution in [-0.4, -0.2) is 56.9 Å². The molecule has 3 aliphatic rings. The number of fused-ring (bicyclic) bond motifs is 1. The summed E-state index contributed by atoms with van der Waals surface area (Å²) < 4.78 is 0. The van der Waals surface area contributed by atoms with Gasteiger partial charge in [0.1, 0.15) is 5.69 Å². The molecular formula is C21H20N4O3. The third-order valence-electron chi connectivity index (χ3n) is 5.93. The molecule has 2 atom stereocenters.